The Bertz CT molecular complexity index is 1150. The molecule has 1 amide bonds. The predicted octanol–water partition coefficient (Wildman–Crippen LogP) is 5.00. The van der Waals surface area contributed by atoms with Gasteiger partial charge in [0.1, 0.15) is 11.5 Å². The Morgan fingerprint density at radius 1 is 1.15 bits per heavy atom. The highest BCUT2D eigenvalue weighted by molar-refractivity contribution is 5.98. The largest absolute Gasteiger partial charge is 0.417 e. The summed E-state index contributed by atoms with van der Waals surface area (Å²) in [5.74, 6) is -0.506. The van der Waals surface area contributed by atoms with Crippen molar-refractivity contribution in [1.29, 1.82) is 0 Å². The van der Waals surface area contributed by atoms with Crippen LogP contribution in [-0.2, 0) is 12.6 Å². The number of hydrogen-bond donors (Lipinski definition) is 0. The van der Waals surface area contributed by atoms with E-state index in [1.54, 1.807) is 11.8 Å². The molecule has 6 nitrogen and oxygen atoms in total. The molecule has 4 rings (SSSR count). The van der Waals surface area contributed by atoms with E-state index in [1.165, 1.54) is 35.4 Å². The summed E-state index contributed by atoms with van der Waals surface area (Å²) < 4.78 is 52.8. The topological polar surface area (TPSA) is 63.9 Å². The van der Waals surface area contributed by atoms with Crippen LogP contribution < -0.4 is 0 Å². The number of pyridine rings is 1. The van der Waals surface area contributed by atoms with Crippen LogP contribution in [0.2, 0.25) is 0 Å². The first-order valence-electron chi connectivity index (χ1n) is 11.2. The van der Waals surface area contributed by atoms with Gasteiger partial charge in [0.05, 0.1) is 23.5 Å². The molecular weight excluding hydrogens is 450 g/mol. The Labute approximate surface area is 194 Å². The number of carbonyl (C=O) groups is 1. The van der Waals surface area contributed by atoms with Crippen LogP contribution in [0.4, 0.5) is 17.6 Å². The normalized spacial score (nSPS) is 18.8. The Morgan fingerprint density at radius 3 is 2.53 bits per heavy atom. The summed E-state index contributed by atoms with van der Waals surface area (Å²) in [6.45, 7) is 4.18. The summed E-state index contributed by atoms with van der Waals surface area (Å²) in [6.07, 6.45) is 2.09. The molecule has 0 N–H and O–H groups in total. The van der Waals surface area contributed by atoms with Crippen LogP contribution in [0.3, 0.4) is 0 Å². The number of nitrogens with zero attached hydrogens (tertiary/aromatic N) is 5. The molecule has 1 aliphatic heterocycles. The Kier molecular flexibility index (Phi) is 6.67. The zero-order valence-electron chi connectivity index (χ0n) is 18.9. The molecule has 0 unspecified atom stereocenters. The number of aromatic nitrogens is 4. The van der Waals surface area contributed by atoms with Crippen LogP contribution in [0.25, 0.3) is 5.69 Å². The average Bonchev–Trinajstić information content (AvgIpc) is 3.33. The van der Waals surface area contributed by atoms with Crippen LogP contribution in [0.5, 0.6) is 0 Å². The lowest BCUT2D eigenvalue weighted by Crippen LogP contribution is -2.48. The molecular formula is C24H25F4N5O. The fraction of sp³-hybridized carbons (Fsp3) is 0.417. The maximum absolute atomic E-state index is 14.3. The second-order valence-electron chi connectivity index (χ2n) is 8.65. The molecule has 1 saturated heterocycles. The van der Waals surface area contributed by atoms with Crippen LogP contribution in [-0.4, -0.2) is 43.4 Å². The van der Waals surface area contributed by atoms with Crippen molar-refractivity contribution in [2.45, 2.75) is 51.7 Å². The molecule has 1 aliphatic rings. The van der Waals surface area contributed by atoms with Gasteiger partial charge >= 0.3 is 6.18 Å². The van der Waals surface area contributed by atoms with Crippen molar-refractivity contribution in [3.63, 3.8) is 0 Å². The van der Waals surface area contributed by atoms with Crippen molar-refractivity contribution in [1.82, 2.24) is 24.9 Å². The Morgan fingerprint density at radius 2 is 1.88 bits per heavy atom. The quantitative estimate of drug-likeness (QED) is 0.487. The fourth-order valence-corrected chi connectivity index (χ4v) is 4.57. The molecule has 34 heavy (non-hydrogen) atoms. The number of aryl methyl sites for hydroxylation is 1. The lowest BCUT2D eigenvalue weighted by Gasteiger charge is -2.40. The highest BCUT2D eigenvalue weighted by atomic mass is 19.4. The summed E-state index contributed by atoms with van der Waals surface area (Å²) in [7, 11) is 0. The van der Waals surface area contributed by atoms with Crippen LogP contribution in [0.1, 0.15) is 53.4 Å². The van der Waals surface area contributed by atoms with Crippen LogP contribution in [0, 0.1) is 18.7 Å². The van der Waals surface area contributed by atoms with Gasteiger partial charge in [0.25, 0.3) is 5.91 Å². The lowest BCUT2D eigenvalue weighted by atomic mass is 9.86. The smallest absolute Gasteiger partial charge is 0.335 e. The zero-order chi connectivity index (χ0) is 24.5. The number of benzene rings is 1. The summed E-state index contributed by atoms with van der Waals surface area (Å²) in [4.78, 5) is 20.7. The van der Waals surface area contributed by atoms with Gasteiger partial charge in [-0.2, -0.15) is 28.2 Å². The predicted molar refractivity (Wildman–Crippen MR) is 117 cm³/mol. The van der Waals surface area contributed by atoms with Gasteiger partial charge in [-0.25, -0.2) is 4.39 Å². The van der Waals surface area contributed by atoms with E-state index in [2.05, 4.69) is 22.1 Å². The maximum atomic E-state index is 14.3. The van der Waals surface area contributed by atoms with Crippen LogP contribution in [0.15, 0.2) is 42.9 Å². The molecule has 2 aromatic heterocycles. The van der Waals surface area contributed by atoms with Gasteiger partial charge in [-0.1, -0.05) is 6.92 Å². The summed E-state index contributed by atoms with van der Waals surface area (Å²) >= 11 is 0. The number of hydrogen-bond acceptors (Lipinski definition) is 4. The number of carbonyl (C=O) groups excluding carboxylic acids is 1. The van der Waals surface area contributed by atoms with Gasteiger partial charge < -0.3 is 4.90 Å². The minimum Gasteiger partial charge on any atom is -0.335 e. The first kappa shape index (κ1) is 23.8. The molecule has 10 heteroatoms. The van der Waals surface area contributed by atoms with Gasteiger partial charge in [0.2, 0.25) is 0 Å². The van der Waals surface area contributed by atoms with E-state index in [4.69, 9.17) is 0 Å². The first-order valence-corrected chi connectivity index (χ1v) is 11.2. The third kappa shape index (κ3) is 4.80. The standard InChI is InChI=1S/C24H25F4N5O/c1-15-4-3-13-32(21(15)10-7-18-6-5-17(14-29-18)24(26,27)28)23(34)19-8-9-20(25)16(2)22(19)33-30-11-12-31-33/h5-6,8-9,11-12,14-15,21H,3-4,7,10,13H2,1-2H3/t15-,21-/m1/s1. The SMILES string of the molecule is Cc1c(F)ccc(C(=O)N2CCC[C@@H](C)[C@H]2CCc2ccc(C(F)(F)F)cn2)c1-n1nccn1. The Balaban J connectivity index is 1.58. The monoisotopic (exact) mass is 475 g/mol. The van der Waals surface area contributed by atoms with Gasteiger partial charge in [-0.05, 0) is 62.8 Å². The van der Waals surface area contributed by atoms with Gasteiger partial charge in [-0.15, -0.1) is 0 Å². The molecule has 180 valence electrons. The minimum atomic E-state index is -4.43. The molecule has 0 bridgehead atoms. The zero-order valence-corrected chi connectivity index (χ0v) is 18.9. The number of alkyl halides is 3. The lowest BCUT2D eigenvalue weighted by molar-refractivity contribution is -0.137. The van der Waals surface area contributed by atoms with Gasteiger partial charge in [-0.3, -0.25) is 9.78 Å². The van der Waals surface area contributed by atoms with E-state index in [1.807, 2.05) is 0 Å². The molecule has 0 saturated carbocycles. The average molecular weight is 475 g/mol. The summed E-state index contributed by atoms with van der Waals surface area (Å²) in [6, 6.07) is 5.00. The third-order valence-electron chi connectivity index (χ3n) is 6.44. The van der Waals surface area contributed by atoms with Gasteiger partial charge in [0, 0.05) is 30.0 Å². The number of amides is 1. The highest BCUT2D eigenvalue weighted by Gasteiger charge is 2.34. The van der Waals surface area contributed by atoms with E-state index in [-0.39, 0.29) is 23.4 Å². The number of piperidine rings is 1. The second kappa shape index (κ2) is 9.52. The van der Waals surface area contributed by atoms with E-state index in [9.17, 15) is 22.4 Å². The molecule has 1 fully saturated rings. The molecule has 0 radical (unpaired) electrons. The molecule has 3 aromatic rings. The number of rotatable bonds is 5. The summed E-state index contributed by atoms with van der Waals surface area (Å²) in [5.41, 5.74) is 0.638. The number of likely N-dealkylation sites (tertiary alicyclic amines) is 1. The van der Waals surface area contributed by atoms with Crippen molar-refractivity contribution in [2.24, 2.45) is 5.92 Å². The van der Waals surface area contributed by atoms with Crippen molar-refractivity contribution in [3.05, 3.63) is 71.1 Å². The van der Waals surface area contributed by atoms with E-state index < -0.39 is 17.6 Å². The van der Waals surface area contributed by atoms with Gasteiger partial charge in [0.15, 0.2) is 0 Å². The molecule has 0 spiro atoms. The fourth-order valence-electron chi connectivity index (χ4n) is 4.57. The molecule has 0 aliphatic carbocycles. The maximum Gasteiger partial charge on any atom is 0.417 e. The Hall–Kier alpha value is -3.30. The van der Waals surface area contributed by atoms with Crippen molar-refractivity contribution in [3.8, 4) is 5.69 Å². The first-order chi connectivity index (χ1) is 16.2. The molecule has 3 heterocycles. The molecule has 2 atom stereocenters. The van der Waals surface area contributed by atoms with Crippen molar-refractivity contribution in [2.75, 3.05) is 6.54 Å². The minimum absolute atomic E-state index is 0.130. The van der Waals surface area contributed by atoms with E-state index >= 15 is 0 Å². The van der Waals surface area contributed by atoms with E-state index in [0.717, 1.165) is 25.1 Å². The van der Waals surface area contributed by atoms with Crippen LogP contribution >= 0.6 is 0 Å². The summed E-state index contributed by atoms with van der Waals surface area (Å²) in [5, 5.41) is 8.18. The number of halogens is 4. The highest BCUT2D eigenvalue weighted by Crippen LogP contribution is 2.31. The van der Waals surface area contributed by atoms with E-state index in [0.29, 0.717) is 36.3 Å². The van der Waals surface area contributed by atoms with Crippen molar-refractivity contribution < 1.29 is 22.4 Å². The van der Waals surface area contributed by atoms with Crippen molar-refractivity contribution >= 4 is 5.91 Å². The molecule has 1 aromatic carbocycles. The second-order valence-corrected chi connectivity index (χ2v) is 8.65. The third-order valence-corrected chi connectivity index (χ3v) is 6.44.